The minimum atomic E-state index is -0.352. The number of carbonyl (C=O) groups is 2. The zero-order valence-corrected chi connectivity index (χ0v) is 8.57. The maximum atomic E-state index is 10.2. The number of hydrogen-bond donors (Lipinski definition) is 1. The maximum absolute atomic E-state index is 10.2. The van der Waals surface area contributed by atoms with Crippen molar-refractivity contribution in [2.24, 2.45) is 0 Å². The third-order valence-corrected chi connectivity index (χ3v) is 1.17. The van der Waals surface area contributed by atoms with Crippen molar-refractivity contribution >= 4 is 11.8 Å². The Kier molecular flexibility index (Phi) is 13.2. The van der Waals surface area contributed by atoms with Gasteiger partial charge in [0.15, 0.2) is 0 Å². The molecule has 0 saturated carbocycles. The predicted octanol–water partition coefficient (Wildman–Crippen LogP) is 0.516. The third kappa shape index (κ3) is 13.4. The Hall–Kier alpha value is -1.14. The van der Waals surface area contributed by atoms with Gasteiger partial charge in [-0.05, 0) is 0 Å². The van der Waals surface area contributed by atoms with Gasteiger partial charge in [-0.1, -0.05) is 7.43 Å². The summed E-state index contributed by atoms with van der Waals surface area (Å²) in [6.07, 6.45) is 0. The van der Waals surface area contributed by atoms with Crippen molar-refractivity contribution in [1.82, 2.24) is 10.1 Å². The van der Waals surface area contributed by atoms with Gasteiger partial charge in [-0.25, -0.2) is 10.1 Å². The molecule has 6 nitrogen and oxygen atoms in total. The number of hydroxylamine groups is 4. The van der Waals surface area contributed by atoms with Crippen LogP contribution in [0.4, 0.5) is 0 Å². The Morgan fingerprint density at radius 1 is 1.14 bits per heavy atom. The highest BCUT2D eigenvalue weighted by atomic mass is 16.7. The average molecular weight is 208 g/mol. The number of carbonyl (C=O) groups excluding carboxylic acids is 2. The summed E-state index contributed by atoms with van der Waals surface area (Å²) in [4.78, 5) is 24.5. The average Bonchev–Trinajstić information content (AvgIpc) is 2.03. The van der Waals surface area contributed by atoms with Crippen molar-refractivity contribution in [2.75, 3.05) is 21.2 Å². The monoisotopic (exact) mass is 208 g/mol. The number of amides is 2. The van der Waals surface area contributed by atoms with E-state index < -0.39 is 0 Å². The van der Waals surface area contributed by atoms with Crippen molar-refractivity contribution in [3.63, 3.8) is 0 Å². The summed E-state index contributed by atoms with van der Waals surface area (Å²) in [5, 5.41) is 9.79. The minimum absolute atomic E-state index is 0. The molecule has 2 amide bonds. The molecule has 0 bridgehead atoms. The Morgan fingerprint density at radius 2 is 1.43 bits per heavy atom. The van der Waals surface area contributed by atoms with Gasteiger partial charge in [0, 0.05) is 27.9 Å². The Morgan fingerprint density at radius 3 is 1.43 bits per heavy atom. The van der Waals surface area contributed by atoms with Crippen LogP contribution in [0.15, 0.2) is 0 Å². The lowest BCUT2D eigenvalue weighted by Gasteiger charge is -2.08. The van der Waals surface area contributed by atoms with Crippen LogP contribution >= 0.6 is 0 Å². The van der Waals surface area contributed by atoms with Crippen molar-refractivity contribution in [3.05, 3.63) is 0 Å². The highest BCUT2D eigenvalue weighted by molar-refractivity contribution is 5.71. The molecule has 0 unspecified atom stereocenters. The van der Waals surface area contributed by atoms with E-state index in [1.165, 1.54) is 28.0 Å². The van der Waals surface area contributed by atoms with Gasteiger partial charge in [0.05, 0.1) is 7.11 Å². The molecule has 0 saturated heterocycles. The third-order valence-electron chi connectivity index (χ3n) is 1.17. The second kappa shape index (κ2) is 9.94. The van der Waals surface area contributed by atoms with Crippen molar-refractivity contribution in [3.8, 4) is 0 Å². The van der Waals surface area contributed by atoms with E-state index in [4.69, 9.17) is 5.21 Å². The zero-order chi connectivity index (χ0) is 11.0. The second-order valence-electron chi connectivity index (χ2n) is 2.24. The second-order valence-corrected chi connectivity index (χ2v) is 2.24. The molecule has 0 spiro atoms. The summed E-state index contributed by atoms with van der Waals surface area (Å²) in [5.41, 5.74) is 0. The molecule has 0 radical (unpaired) electrons. The van der Waals surface area contributed by atoms with Crippen LogP contribution in [0.3, 0.4) is 0 Å². The first-order chi connectivity index (χ1) is 5.82. The topological polar surface area (TPSA) is 70.1 Å². The first-order valence-electron chi connectivity index (χ1n) is 3.54. The molecule has 0 aromatic heterocycles. The van der Waals surface area contributed by atoms with E-state index in [-0.39, 0.29) is 19.2 Å². The largest absolute Gasteiger partial charge is 0.286 e. The van der Waals surface area contributed by atoms with E-state index in [0.29, 0.717) is 5.06 Å². The quantitative estimate of drug-likeness (QED) is 0.503. The predicted molar refractivity (Wildman–Crippen MR) is 52.4 cm³/mol. The molecule has 14 heavy (non-hydrogen) atoms. The molecule has 0 atom stereocenters. The fraction of sp³-hybridized carbons (Fsp3) is 0.750. The van der Waals surface area contributed by atoms with Crippen molar-refractivity contribution < 1.29 is 19.6 Å². The highest BCUT2D eigenvalue weighted by Gasteiger charge is 1.95. The van der Waals surface area contributed by atoms with Gasteiger partial charge in [-0.3, -0.25) is 19.6 Å². The lowest BCUT2D eigenvalue weighted by atomic mass is 10.7. The van der Waals surface area contributed by atoms with Gasteiger partial charge in [0.2, 0.25) is 11.8 Å². The first-order valence-corrected chi connectivity index (χ1v) is 3.54. The van der Waals surface area contributed by atoms with Crippen LogP contribution in [0, 0.1) is 0 Å². The summed E-state index contributed by atoms with van der Waals surface area (Å²) in [5.74, 6) is -0.447. The van der Waals surface area contributed by atoms with Crippen LogP contribution in [0.5, 0.6) is 0 Å². The lowest BCUT2D eigenvalue weighted by molar-refractivity contribution is -0.165. The Labute approximate surface area is 85.0 Å². The summed E-state index contributed by atoms with van der Waals surface area (Å²) in [6, 6.07) is 0. The fourth-order valence-corrected chi connectivity index (χ4v) is 0.129. The van der Waals surface area contributed by atoms with Crippen molar-refractivity contribution in [2.45, 2.75) is 21.3 Å². The van der Waals surface area contributed by atoms with E-state index in [2.05, 4.69) is 4.84 Å². The molecule has 0 heterocycles. The van der Waals surface area contributed by atoms with Crippen molar-refractivity contribution in [1.29, 1.82) is 0 Å². The van der Waals surface area contributed by atoms with E-state index in [0.717, 1.165) is 5.06 Å². The minimum Gasteiger partial charge on any atom is -0.286 e. The lowest BCUT2D eigenvalue weighted by Crippen LogP contribution is -2.21. The molecule has 0 fully saturated rings. The van der Waals surface area contributed by atoms with E-state index in [9.17, 15) is 9.59 Å². The van der Waals surface area contributed by atoms with E-state index in [1.54, 1.807) is 7.05 Å². The first kappa shape index (κ1) is 18.6. The van der Waals surface area contributed by atoms with Gasteiger partial charge in [-0.2, -0.15) is 0 Å². The van der Waals surface area contributed by atoms with Crippen LogP contribution < -0.4 is 0 Å². The van der Waals surface area contributed by atoms with Gasteiger partial charge in [-0.15, -0.1) is 0 Å². The number of hydrogen-bond acceptors (Lipinski definition) is 4. The molecule has 0 aliphatic carbocycles. The van der Waals surface area contributed by atoms with Crippen LogP contribution in [0.1, 0.15) is 21.3 Å². The standard InChI is InChI=1S/C4H9NO2.C3H7NO2.CH4/c1-4(6)5(2)7-3;1-3(5)4(2)6;/h1-3H3;6H,1-2H3;1H4. The Balaban J connectivity index is -0.000000163. The highest BCUT2D eigenvalue weighted by Crippen LogP contribution is 1.78. The van der Waals surface area contributed by atoms with Gasteiger partial charge in [0.25, 0.3) is 0 Å². The summed E-state index contributed by atoms with van der Waals surface area (Å²) in [6.45, 7) is 2.71. The molecule has 0 aromatic rings. The van der Waals surface area contributed by atoms with Gasteiger partial charge < -0.3 is 0 Å². The summed E-state index contributed by atoms with van der Waals surface area (Å²) in [7, 11) is 4.28. The summed E-state index contributed by atoms with van der Waals surface area (Å²) >= 11 is 0. The van der Waals surface area contributed by atoms with Crippen LogP contribution in [0.25, 0.3) is 0 Å². The molecular formula is C8H20N2O4. The maximum Gasteiger partial charge on any atom is 0.242 e. The van der Waals surface area contributed by atoms with Gasteiger partial charge in [0.1, 0.15) is 0 Å². The number of nitrogens with zero attached hydrogens (tertiary/aromatic N) is 2. The van der Waals surface area contributed by atoms with Gasteiger partial charge >= 0.3 is 0 Å². The summed E-state index contributed by atoms with van der Waals surface area (Å²) < 4.78 is 0. The fourth-order valence-electron chi connectivity index (χ4n) is 0.129. The van der Waals surface area contributed by atoms with E-state index in [1.807, 2.05) is 0 Å². The van der Waals surface area contributed by atoms with E-state index >= 15 is 0 Å². The van der Waals surface area contributed by atoms with Crippen LogP contribution in [-0.2, 0) is 14.4 Å². The SMILES string of the molecule is C.CC(=O)N(C)O.CON(C)C(C)=O. The van der Waals surface area contributed by atoms with Crippen LogP contribution in [0.2, 0.25) is 0 Å². The molecule has 86 valence electrons. The molecule has 0 rings (SSSR count). The molecule has 0 aliphatic rings. The number of rotatable bonds is 1. The molecule has 0 aromatic carbocycles. The molecule has 6 heteroatoms. The smallest absolute Gasteiger partial charge is 0.242 e. The molecule has 0 aliphatic heterocycles. The van der Waals surface area contributed by atoms with Crippen LogP contribution in [-0.4, -0.2) is 48.4 Å². The zero-order valence-electron chi connectivity index (χ0n) is 8.57. The Bertz CT molecular complexity index is 171. The molecular weight excluding hydrogens is 188 g/mol. The molecule has 1 N–H and O–H groups in total. The normalized spacial score (nSPS) is 7.57.